The molecular formula is C8H18NP. The van der Waals surface area contributed by atoms with E-state index in [4.69, 9.17) is 0 Å². The van der Waals surface area contributed by atoms with Gasteiger partial charge in [0.1, 0.15) is 0 Å². The maximum atomic E-state index is 2.86. The van der Waals surface area contributed by atoms with Crippen LogP contribution in [0.15, 0.2) is 0 Å². The Morgan fingerprint density at radius 1 is 1.60 bits per heavy atom. The molecule has 0 radical (unpaired) electrons. The molecule has 10 heavy (non-hydrogen) atoms. The third kappa shape index (κ3) is 2.21. The molecule has 1 fully saturated rings. The second kappa shape index (κ2) is 4.31. The molecule has 0 saturated carbocycles. The molecule has 1 nitrogen and oxygen atoms in total. The SMILES string of the molecule is CCN1CCCC(CP)C1. The van der Waals surface area contributed by atoms with E-state index < -0.39 is 0 Å². The fraction of sp³-hybridized carbons (Fsp3) is 1.00. The summed E-state index contributed by atoms with van der Waals surface area (Å²) in [6.07, 6.45) is 4.14. The molecule has 0 N–H and O–H groups in total. The van der Waals surface area contributed by atoms with E-state index in [2.05, 4.69) is 21.1 Å². The zero-order chi connectivity index (χ0) is 7.40. The molecule has 1 rings (SSSR count). The van der Waals surface area contributed by atoms with E-state index in [1.807, 2.05) is 0 Å². The van der Waals surface area contributed by atoms with Gasteiger partial charge in [-0.2, -0.15) is 0 Å². The highest BCUT2D eigenvalue weighted by Gasteiger charge is 2.16. The average Bonchev–Trinajstić information content (AvgIpc) is 2.05. The normalized spacial score (nSPS) is 28.8. The van der Waals surface area contributed by atoms with Gasteiger partial charge in [0.2, 0.25) is 0 Å². The van der Waals surface area contributed by atoms with E-state index >= 15 is 0 Å². The van der Waals surface area contributed by atoms with Crippen LogP contribution in [0.2, 0.25) is 0 Å². The summed E-state index contributed by atoms with van der Waals surface area (Å²) in [6, 6.07) is 0. The van der Waals surface area contributed by atoms with Gasteiger partial charge in [-0.05, 0) is 38.0 Å². The molecule has 0 aromatic carbocycles. The zero-order valence-corrected chi connectivity index (χ0v) is 8.00. The minimum Gasteiger partial charge on any atom is -0.303 e. The third-order valence-electron chi connectivity index (χ3n) is 2.38. The largest absolute Gasteiger partial charge is 0.303 e. The fourth-order valence-corrected chi connectivity index (χ4v) is 2.02. The molecule has 2 heteroatoms. The fourth-order valence-electron chi connectivity index (χ4n) is 1.63. The highest BCUT2D eigenvalue weighted by Crippen LogP contribution is 2.17. The summed E-state index contributed by atoms with van der Waals surface area (Å²) in [5.74, 6) is 0.957. The molecule has 0 aromatic heterocycles. The van der Waals surface area contributed by atoms with E-state index in [-0.39, 0.29) is 0 Å². The molecule has 0 aliphatic carbocycles. The first-order valence-electron chi connectivity index (χ1n) is 4.29. The first kappa shape index (κ1) is 8.49. The predicted octanol–water partition coefficient (Wildman–Crippen LogP) is 1.59. The molecule has 0 spiro atoms. The molecule has 2 unspecified atom stereocenters. The summed E-state index contributed by atoms with van der Waals surface area (Å²) in [4.78, 5) is 2.55. The van der Waals surface area contributed by atoms with E-state index in [0.717, 1.165) is 5.92 Å². The van der Waals surface area contributed by atoms with E-state index in [1.165, 1.54) is 38.6 Å². The van der Waals surface area contributed by atoms with Crippen molar-refractivity contribution >= 4 is 9.24 Å². The van der Waals surface area contributed by atoms with Crippen molar-refractivity contribution in [3.63, 3.8) is 0 Å². The second-order valence-corrected chi connectivity index (χ2v) is 3.61. The minimum absolute atomic E-state index is 0.957. The molecule has 0 aromatic rings. The van der Waals surface area contributed by atoms with Crippen LogP contribution in [0.4, 0.5) is 0 Å². The summed E-state index contributed by atoms with van der Waals surface area (Å²) in [6.45, 7) is 6.16. The van der Waals surface area contributed by atoms with Gasteiger partial charge in [-0.3, -0.25) is 0 Å². The summed E-state index contributed by atoms with van der Waals surface area (Å²) in [5, 5.41) is 0. The zero-order valence-electron chi connectivity index (χ0n) is 6.84. The second-order valence-electron chi connectivity index (χ2n) is 3.14. The lowest BCUT2D eigenvalue weighted by Crippen LogP contribution is -2.35. The van der Waals surface area contributed by atoms with Crippen molar-refractivity contribution in [1.82, 2.24) is 4.90 Å². The van der Waals surface area contributed by atoms with Gasteiger partial charge in [0.05, 0.1) is 0 Å². The molecular weight excluding hydrogens is 141 g/mol. The number of likely N-dealkylation sites (tertiary alicyclic amines) is 1. The van der Waals surface area contributed by atoms with Crippen LogP contribution in [0.25, 0.3) is 0 Å². The van der Waals surface area contributed by atoms with E-state index in [1.54, 1.807) is 0 Å². The Labute approximate surface area is 66.4 Å². The van der Waals surface area contributed by atoms with Crippen LogP contribution < -0.4 is 0 Å². The van der Waals surface area contributed by atoms with Crippen LogP contribution in [-0.2, 0) is 0 Å². The van der Waals surface area contributed by atoms with Crippen LogP contribution in [0.1, 0.15) is 19.8 Å². The van der Waals surface area contributed by atoms with Gasteiger partial charge in [0.15, 0.2) is 0 Å². The molecule has 1 heterocycles. The Morgan fingerprint density at radius 3 is 3.00 bits per heavy atom. The number of piperidine rings is 1. The molecule has 2 atom stereocenters. The Bertz CT molecular complexity index is 85.3. The Hall–Kier alpha value is 0.390. The Kier molecular flexibility index (Phi) is 3.65. The van der Waals surface area contributed by atoms with Crippen LogP contribution >= 0.6 is 9.24 Å². The van der Waals surface area contributed by atoms with Crippen LogP contribution in [0, 0.1) is 5.92 Å². The van der Waals surface area contributed by atoms with Gasteiger partial charge in [-0.1, -0.05) is 6.92 Å². The number of nitrogens with zero attached hydrogens (tertiary/aromatic N) is 1. The van der Waals surface area contributed by atoms with Gasteiger partial charge in [-0.25, -0.2) is 0 Å². The molecule has 0 amide bonds. The highest BCUT2D eigenvalue weighted by atomic mass is 31.0. The summed E-state index contributed by atoms with van der Waals surface area (Å²) in [5.41, 5.74) is 0. The maximum absolute atomic E-state index is 2.86. The van der Waals surface area contributed by atoms with Crippen molar-refractivity contribution in [1.29, 1.82) is 0 Å². The van der Waals surface area contributed by atoms with Crippen molar-refractivity contribution in [2.24, 2.45) is 5.92 Å². The monoisotopic (exact) mass is 159 g/mol. The molecule has 1 saturated heterocycles. The summed E-state index contributed by atoms with van der Waals surface area (Å²) >= 11 is 0. The lowest BCUT2D eigenvalue weighted by molar-refractivity contribution is 0.195. The van der Waals surface area contributed by atoms with Gasteiger partial charge in [0, 0.05) is 6.54 Å². The Morgan fingerprint density at radius 2 is 2.40 bits per heavy atom. The van der Waals surface area contributed by atoms with Crippen LogP contribution in [-0.4, -0.2) is 30.7 Å². The highest BCUT2D eigenvalue weighted by molar-refractivity contribution is 7.16. The summed E-state index contributed by atoms with van der Waals surface area (Å²) in [7, 11) is 2.86. The first-order chi connectivity index (χ1) is 4.86. The quantitative estimate of drug-likeness (QED) is 0.553. The molecule has 60 valence electrons. The topological polar surface area (TPSA) is 3.24 Å². The van der Waals surface area contributed by atoms with Crippen LogP contribution in [0.5, 0.6) is 0 Å². The predicted molar refractivity (Wildman–Crippen MR) is 49.4 cm³/mol. The molecule has 1 aliphatic rings. The van der Waals surface area contributed by atoms with Crippen molar-refractivity contribution in [3.8, 4) is 0 Å². The third-order valence-corrected chi connectivity index (χ3v) is 3.05. The van der Waals surface area contributed by atoms with E-state index in [9.17, 15) is 0 Å². The van der Waals surface area contributed by atoms with Crippen molar-refractivity contribution in [3.05, 3.63) is 0 Å². The number of hydrogen-bond donors (Lipinski definition) is 0. The van der Waals surface area contributed by atoms with Crippen molar-refractivity contribution in [2.75, 3.05) is 25.8 Å². The first-order valence-corrected chi connectivity index (χ1v) is 5.11. The van der Waals surface area contributed by atoms with E-state index in [0.29, 0.717) is 0 Å². The van der Waals surface area contributed by atoms with Gasteiger partial charge < -0.3 is 4.90 Å². The smallest absolute Gasteiger partial charge is 0.00127 e. The minimum atomic E-state index is 0.957. The van der Waals surface area contributed by atoms with Gasteiger partial charge in [0.25, 0.3) is 0 Å². The molecule has 1 aliphatic heterocycles. The average molecular weight is 159 g/mol. The van der Waals surface area contributed by atoms with Crippen molar-refractivity contribution < 1.29 is 0 Å². The number of rotatable bonds is 2. The summed E-state index contributed by atoms with van der Waals surface area (Å²) < 4.78 is 0. The number of hydrogen-bond acceptors (Lipinski definition) is 1. The Balaban J connectivity index is 2.25. The van der Waals surface area contributed by atoms with Crippen molar-refractivity contribution in [2.45, 2.75) is 19.8 Å². The maximum Gasteiger partial charge on any atom is 0.00127 e. The molecule has 0 bridgehead atoms. The standard InChI is InChI=1S/C8H18NP/c1-2-9-5-3-4-8(6-9)7-10/h8H,2-7,10H2,1H3. The van der Waals surface area contributed by atoms with Gasteiger partial charge in [-0.15, -0.1) is 9.24 Å². The van der Waals surface area contributed by atoms with Crippen LogP contribution in [0.3, 0.4) is 0 Å². The lowest BCUT2D eigenvalue weighted by atomic mass is 10.0. The van der Waals surface area contributed by atoms with Gasteiger partial charge >= 0.3 is 0 Å². The lowest BCUT2D eigenvalue weighted by Gasteiger charge is -2.30.